The normalized spacial score (nSPS) is 10.5. The quantitative estimate of drug-likeness (QED) is 0.395. The van der Waals surface area contributed by atoms with Gasteiger partial charge in [0.25, 0.3) is 0 Å². The molecule has 0 aliphatic carbocycles. The van der Waals surface area contributed by atoms with Gasteiger partial charge >= 0.3 is 5.69 Å². The smallest absolute Gasteiger partial charge is 0.319 e. The van der Waals surface area contributed by atoms with Crippen molar-refractivity contribution in [3.8, 4) is 0 Å². The molecule has 2 heterocycles. The van der Waals surface area contributed by atoms with Crippen LogP contribution in [0.25, 0.3) is 0 Å². The molecule has 2 aromatic heterocycles. The van der Waals surface area contributed by atoms with Crippen molar-refractivity contribution in [3.63, 3.8) is 0 Å². The van der Waals surface area contributed by atoms with E-state index in [1.165, 1.54) is 18.1 Å². The van der Waals surface area contributed by atoms with Crippen molar-refractivity contribution in [3.05, 3.63) is 69.6 Å². The van der Waals surface area contributed by atoms with E-state index in [1.54, 1.807) is 36.5 Å². The highest BCUT2D eigenvalue weighted by atomic mass is 35.5. The lowest BCUT2D eigenvalue weighted by atomic mass is 10.3. The highest BCUT2D eigenvalue weighted by Crippen LogP contribution is 2.37. The van der Waals surface area contributed by atoms with Crippen LogP contribution in [0.1, 0.15) is 5.56 Å². The van der Waals surface area contributed by atoms with E-state index >= 15 is 0 Å². The fraction of sp³-hybridized carbons (Fsp3) is 0.0625. The lowest BCUT2D eigenvalue weighted by Gasteiger charge is -2.08. The number of hydrogen-bond acceptors (Lipinski definition) is 7. The van der Waals surface area contributed by atoms with E-state index in [0.29, 0.717) is 10.8 Å². The maximum atomic E-state index is 11.6. The van der Waals surface area contributed by atoms with E-state index in [4.69, 9.17) is 11.6 Å². The predicted octanol–water partition coefficient (Wildman–Crippen LogP) is 4.64. The van der Waals surface area contributed by atoms with E-state index in [2.05, 4.69) is 20.3 Å². The Morgan fingerprint density at radius 1 is 1.16 bits per heavy atom. The molecule has 0 spiro atoms. The highest BCUT2D eigenvalue weighted by Gasteiger charge is 2.24. The Morgan fingerprint density at radius 2 is 1.92 bits per heavy atom. The van der Waals surface area contributed by atoms with Gasteiger partial charge in [-0.3, -0.25) is 10.1 Å². The second-order valence-corrected chi connectivity index (χ2v) is 6.53. The molecule has 0 saturated heterocycles. The van der Waals surface area contributed by atoms with Crippen molar-refractivity contribution in [2.45, 2.75) is 16.8 Å². The summed E-state index contributed by atoms with van der Waals surface area (Å²) in [6.07, 6.45) is 2.90. The first-order valence-electron chi connectivity index (χ1n) is 7.15. The van der Waals surface area contributed by atoms with Crippen molar-refractivity contribution in [2.75, 3.05) is 5.32 Å². The molecule has 25 heavy (non-hydrogen) atoms. The minimum Gasteiger partial charge on any atom is -0.319 e. The van der Waals surface area contributed by atoms with Gasteiger partial charge < -0.3 is 5.32 Å². The number of nitrogens with one attached hydrogen (secondary N) is 1. The third-order valence-corrected chi connectivity index (χ3v) is 4.41. The number of halogens is 1. The topological polar surface area (TPSA) is 93.8 Å². The van der Waals surface area contributed by atoms with Crippen LogP contribution in [0.3, 0.4) is 0 Å². The number of aromatic nitrogens is 3. The van der Waals surface area contributed by atoms with Crippen LogP contribution in [0.5, 0.6) is 0 Å². The van der Waals surface area contributed by atoms with Crippen LogP contribution < -0.4 is 5.32 Å². The molecule has 9 heteroatoms. The maximum Gasteiger partial charge on any atom is 0.343 e. The van der Waals surface area contributed by atoms with E-state index in [9.17, 15) is 10.1 Å². The molecule has 0 aliphatic rings. The molecular formula is C16H12ClN5O2S. The standard InChI is InChI=1S/C16H12ClN5O2S/c1-10-6-7-18-13(8-10)21-15-14(22(23)24)16(20-9-19-15)25-12-4-2-11(17)3-5-12/h2-9H,1H3,(H,18,19,20,21). The van der Waals surface area contributed by atoms with Crippen LogP contribution in [0.2, 0.25) is 5.02 Å². The molecule has 126 valence electrons. The average molecular weight is 374 g/mol. The number of aryl methyl sites for hydroxylation is 1. The Balaban J connectivity index is 1.96. The molecule has 1 N–H and O–H groups in total. The molecule has 0 bridgehead atoms. The number of anilines is 2. The van der Waals surface area contributed by atoms with Gasteiger partial charge in [0.15, 0.2) is 5.03 Å². The number of nitro groups is 1. The summed E-state index contributed by atoms with van der Waals surface area (Å²) in [5.74, 6) is 0.568. The fourth-order valence-electron chi connectivity index (χ4n) is 2.03. The minimum atomic E-state index is -0.504. The molecule has 0 atom stereocenters. The van der Waals surface area contributed by atoms with Gasteiger partial charge in [0, 0.05) is 16.1 Å². The van der Waals surface area contributed by atoms with Gasteiger partial charge in [-0.2, -0.15) is 0 Å². The monoisotopic (exact) mass is 373 g/mol. The molecule has 0 aliphatic heterocycles. The molecule has 1 aromatic carbocycles. The first kappa shape index (κ1) is 17.1. The first-order valence-corrected chi connectivity index (χ1v) is 8.35. The summed E-state index contributed by atoms with van der Waals surface area (Å²) >= 11 is 7.03. The minimum absolute atomic E-state index is 0.0922. The fourth-order valence-corrected chi connectivity index (χ4v) is 3.02. The van der Waals surface area contributed by atoms with Crippen molar-refractivity contribution in [2.24, 2.45) is 0 Å². The zero-order valence-electron chi connectivity index (χ0n) is 13.0. The molecule has 0 fully saturated rings. The second-order valence-electron chi connectivity index (χ2n) is 5.03. The van der Waals surface area contributed by atoms with Gasteiger partial charge in [0.1, 0.15) is 12.1 Å². The average Bonchev–Trinajstić information content (AvgIpc) is 2.57. The molecular weight excluding hydrogens is 362 g/mol. The summed E-state index contributed by atoms with van der Waals surface area (Å²) in [4.78, 5) is 24.1. The van der Waals surface area contributed by atoms with Crippen LogP contribution in [-0.2, 0) is 0 Å². The maximum absolute atomic E-state index is 11.6. The molecule has 0 saturated carbocycles. The van der Waals surface area contributed by atoms with Crippen LogP contribution in [0, 0.1) is 17.0 Å². The van der Waals surface area contributed by atoms with Crippen LogP contribution >= 0.6 is 23.4 Å². The number of hydrogen-bond donors (Lipinski definition) is 1. The van der Waals surface area contributed by atoms with Gasteiger partial charge in [0.2, 0.25) is 5.82 Å². The summed E-state index contributed by atoms with van der Waals surface area (Å²) in [6, 6.07) is 10.6. The highest BCUT2D eigenvalue weighted by molar-refractivity contribution is 7.99. The number of rotatable bonds is 5. The Hall–Kier alpha value is -2.71. The number of pyridine rings is 1. The van der Waals surface area contributed by atoms with Gasteiger partial charge in [-0.15, -0.1) is 0 Å². The van der Waals surface area contributed by atoms with Gasteiger partial charge in [-0.25, -0.2) is 15.0 Å². The second kappa shape index (κ2) is 7.45. The van der Waals surface area contributed by atoms with Crippen molar-refractivity contribution < 1.29 is 4.92 Å². The largest absolute Gasteiger partial charge is 0.343 e. The summed E-state index contributed by atoms with van der Waals surface area (Å²) in [5.41, 5.74) is 0.774. The Bertz CT molecular complexity index is 921. The lowest BCUT2D eigenvalue weighted by molar-refractivity contribution is -0.387. The molecule has 0 unspecified atom stereocenters. The van der Waals surface area contributed by atoms with E-state index < -0.39 is 4.92 Å². The molecule has 3 rings (SSSR count). The van der Waals surface area contributed by atoms with Gasteiger partial charge in [-0.1, -0.05) is 23.4 Å². The molecule has 0 radical (unpaired) electrons. The zero-order chi connectivity index (χ0) is 17.8. The van der Waals surface area contributed by atoms with Crippen LogP contribution in [0.4, 0.5) is 17.3 Å². The predicted molar refractivity (Wildman–Crippen MR) is 96.5 cm³/mol. The van der Waals surface area contributed by atoms with Gasteiger partial charge in [0.05, 0.1) is 4.92 Å². The third kappa shape index (κ3) is 4.23. The van der Waals surface area contributed by atoms with E-state index in [1.807, 2.05) is 13.0 Å². The Labute approximate surface area is 152 Å². The van der Waals surface area contributed by atoms with Crippen molar-refractivity contribution in [1.82, 2.24) is 15.0 Å². The molecule has 0 amide bonds. The zero-order valence-corrected chi connectivity index (χ0v) is 14.6. The number of nitrogens with zero attached hydrogens (tertiary/aromatic N) is 4. The summed E-state index contributed by atoms with van der Waals surface area (Å²) in [5, 5.41) is 15.3. The van der Waals surface area contributed by atoms with Crippen LogP contribution in [-0.4, -0.2) is 19.9 Å². The molecule has 7 nitrogen and oxygen atoms in total. The Kier molecular flexibility index (Phi) is 5.11. The Morgan fingerprint density at radius 3 is 2.60 bits per heavy atom. The summed E-state index contributed by atoms with van der Waals surface area (Å²) in [6.45, 7) is 1.91. The summed E-state index contributed by atoms with van der Waals surface area (Å²) < 4.78 is 0. The van der Waals surface area contributed by atoms with E-state index in [0.717, 1.165) is 10.5 Å². The molecule has 3 aromatic rings. The summed E-state index contributed by atoms with van der Waals surface area (Å²) in [7, 11) is 0. The van der Waals surface area contributed by atoms with Crippen molar-refractivity contribution in [1.29, 1.82) is 0 Å². The van der Waals surface area contributed by atoms with E-state index in [-0.39, 0.29) is 16.5 Å². The SMILES string of the molecule is Cc1ccnc(Nc2ncnc(Sc3ccc(Cl)cc3)c2[N+](=O)[O-])c1. The number of benzene rings is 1. The third-order valence-electron chi connectivity index (χ3n) is 3.16. The van der Waals surface area contributed by atoms with Gasteiger partial charge in [-0.05, 0) is 48.9 Å². The lowest BCUT2D eigenvalue weighted by Crippen LogP contribution is -2.03. The van der Waals surface area contributed by atoms with Crippen molar-refractivity contribution >= 4 is 40.7 Å². The first-order chi connectivity index (χ1) is 12.0. The van der Waals surface area contributed by atoms with Crippen LogP contribution in [0.15, 0.2) is 58.8 Å².